The Morgan fingerprint density at radius 2 is 2.07 bits per heavy atom. The summed E-state index contributed by atoms with van der Waals surface area (Å²) < 4.78 is 9.51. The van der Waals surface area contributed by atoms with Gasteiger partial charge in [0.2, 0.25) is 5.76 Å². The van der Waals surface area contributed by atoms with E-state index in [-0.39, 0.29) is 5.76 Å². The standard InChI is InChI=1S/C10H8Cl2O3/c1-6(10(13)14-2)15-9-4-3-7(11)5-8(9)12/h3-5H,1H2,2H3. The number of hydrogen-bond acceptors (Lipinski definition) is 3. The third-order valence-electron chi connectivity index (χ3n) is 1.54. The summed E-state index contributed by atoms with van der Waals surface area (Å²) >= 11 is 11.5. The van der Waals surface area contributed by atoms with Crippen molar-refractivity contribution >= 4 is 29.2 Å². The SMILES string of the molecule is C=C(Oc1ccc(Cl)cc1Cl)C(=O)OC. The van der Waals surface area contributed by atoms with Crippen molar-refractivity contribution in [2.45, 2.75) is 0 Å². The van der Waals surface area contributed by atoms with Crippen LogP contribution in [0, 0.1) is 0 Å². The Morgan fingerprint density at radius 1 is 1.40 bits per heavy atom. The number of benzene rings is 1. The van der Waals surface area contributed by atoms with Crippen LogP contribution in [0.25, 0.3) is 0 Å². The molecule has 5 heteroatoms. The van der Waals surface area contributed by atoms with Gasteiger partial charge in [-0.1, -0.05) is 23.2 Å². The Kier molecular flexibility index (Phi) is 4.00. The number of hydrogen-bond donors (Lipinski definition) is 0. The number of rotatable bonds is 3. The van der Waals surface area contributed by atoms with Crippen LogP contribution >= 0.6 is 23.2 Å². The molecule has 0 heterocycles. The topological polar surface area (TPSA) is 35.5 Å². The summed E-state index contributed by atoms with van der Waals surface area (Å²) in [6, 6.07) is 4.63. The van der Waals surface area contributed by atoms with Crippen molar-refractivity contribution in [3.05, 3.63) is 40.6 Å². The van der Waals surface area contributed by atoms with Gasteiger partial charge in [-0.2, -0.15) is 0 Å². The molecule has 0 aromatic heterocycles. The maximum Gasteiger partial charge on any atom is 0.373 e. The number of ether oxygens (including phenoxy) is 2. The van der Waals surface area contributed by atoms with Crippen LogP contribution in [0.3, 0.4) is 0 Å². The van der Waals surface area contributed by atoms with Crippen molar-refractivity contribution in [1.82, 2.24) is 0 Å². The molecule has 0 saturated heterocycles. The van der Waals surface area contributed by atoms with E-state index in [1.54, 1.807) is 12.1 Å². The zero-order chi connectivity index (χ0) is 11.4. The highest BCUT2D eigenvalue weighted by atomic mass is 35.5. The highest BCUT2D eigenvalue weighted by molar-refractivity contribution is 6.35. The Labute approximate surface area is 97.2 Å². The van der Waals surface area contributed by atoms with Gasteiger partial charge in [0.05, 0.1) is 12.1 Å². The van der Waals surface area contributed by atoms with Gasteiger partial charge < -0.3 is 9.47 Å². The summed E-state index contributed by atoms with van der Waals surface area (Å²) in [5, 5.41) is 0.781. The minimum atomic E-state index is -0.652. The second-order valence-electron chi connectivity index (χ2n) is 2.59. The fraction of sp³-hybridized carbons (Fsp3) is 0.100. The van der Waals surface area contributed by atoms with Crippen molar-refractivity contribution in [1.29, 1.82) is 0 Å². The van der Waals surface area contributed by atoms with Crippen molar-refractivity contribution in [3.63, 3.8) is 0 Å². The Balaban J connectivity index is 2.81. The highest BCUT2D eigenvalue weighted by Gasteiger charge is 2.11. The van der Waals surface area contributed by atoms with Gasteiger partial charge >= 0.3 is 5.97 Å². The Morgan fingerprint density at radius 3 is 2.60 bits per heavy atom. The normalized spacial score (nSPS) is 9.53. The number of esters is 1. The molecule has 0 N–H and O–H groups in total. The fourth-order valence-electron chi connectivity index (χ4n) is 0.846. The van der Waals surface area contributed by atoms with Crippen LogP contribution in [0.5, 0.6) is 5.75 Å². The number of halogens is 2. The minimum Gasteiger partial charge on any atom is -0.463 e. The van der Waals surface area contributed by atoms with Gasteiger partial charge in [0.15, 0.2) is 0 Å². The molecule has 15 heavy (non-hydrogen) atoms. The zero-order valence-electron chi connectivity index (χ0n) is 7.92. The van der Waals surface area contributed by atoms with E-state index >= 15 is 0 Å². The molecule has 1 rings (SSSR count). The Hall–Kier alpha value is -1.19. The molecule has 0 aliphatic carbocycles. The quantitative estimate of drug-likeness (QED) is 0.467. The van der Waals surface area contributed by atoms with Crippen LogP contribution in [-0.2, 0) is 9.53 Å². The van der Waals surface area contributed by atoms with Crippen LogP contribution in [0.2, 0.25) is 10.0 Å². The summed E-state index contributed by atoms with van der Waals surface area (Å²) in [4.78, 5) is 11.0. The predicted octanol–water partition coefficient (Wildman–Crippen LogP) is 3.06. The first kappa shape index (κ1) is 11.9. The molecule has 0 aliphatic heterocycles. The molecular formula is C10H8Cl2O3. The molecule has 0 radical (unpaired) electrons. The van der Waals surface area contributed by atoms with E-state index in [1.807, 2.05) is 0 Å². The van der Waals surface area contributed by atoms with Crippen LogP contribution < -0.4 is 4.74 Å². The lowest BCUT2D eigenvalue weighted by Crippen LogP contribution is -2.09. The van der Waals surface area contributed by atoms with E-state index in [1.165, 1.54) is 13.2 Å². The number of methoxy groups -OCH3 is 1. The van der Waals surface area contributed by atoms with E-state index in [2.05, 4.69) is 11.3 Å². The fourth-order valence-corrected chi connectivity index (χ4v) is 1.29. The zero-order valence-corrected chi connectivity index (χ0v) is 9.43. The molecule has 80 valence electrons. The smallest absolute Gasteiger partial charge is 0.373 e. The summed E-state index contributed by atoms with van der Waals surface area (Å²) in [5.41, 5.74) is 0. The van der Waals surface area contributed by atoms with E-state index in [4.69, 9.17) is 27.9 Å². The average Bonchev–Trinajstić information content (AvgIpc) is 2.20. The van der Waals surface area contributed by atoms with Crippen LogP contribution in [0.15, 0.2) is 30.5 Å². The lowest BCUT2D eigenvalue weighted by Gasteiger charge is -2.08. The summed E-state index contributed by atoms with van der Waals surface area (Å²) in [6.07, 6.45) is 0. The monoisotopic (exact) mass is 246 g/mol. The van der Waals surface area contributed by atoms with Gasteiger partial charge in [-0.05, 0) is 24.8 Å². The molecule has 0 aliphatic rings. The van der Waals surface area contributed by atoms with Crippen molar-refractivity contribution in [2.75, 3.05) is 7.11 Å². The van der Waals surface area contributed by atoms with Crippen molar-refractivity contribution in [2.24, 2.45) is 0 Å². The lowest BCUT2D eigenvalue weighted by molar-refractivity contribution is -0.138. The highest BCUT2D eigenvalue weighted by Crippen LogP contribution is 2.28. The molecule has 1 aromatic rings. The third-order valence-corrected chi connectivity index (χ3v) is 2.07. The second kappa shape index (κ2) is 5.05. The molecular weight excluding hydrogens is 239 g/mol. The summed E-state index contributed by atoms with van der Waals surface area (Å²) in [5.74, 6) is -0.487. The second-order valence-corrected chi connectivity index (χ2v) is 3.44. The van der Waals surface area contributed by atoms with Gasteiger partial charge in [0.25, 0.3) is 0 Å². The average molecular weight is 247 g/mol. The van der Waals surface area contributed by atoms with Gasteiger partial charge in [0, 0.05) is 5.02 Å². The largest absolute Gasteiger partial charge is 0.463 e. The molecule has 0 saturated carbocycles. The van der Waals surface area contributed by atoms with Crippen LogP contribution in [-0.4, -0.2) is 13.1 Å². The molecule has 1 aromatic carbocycles. The molecule has 0 unspecified atom stereocenters. The van der Waals surface area contributed by atoms with Gasteiger partial charge in [-0.3, -0.25) is 0 Å². The van der Waals surface area contributed by atoms with E-state index in [0.717, 1.165) is 0 Å². The molecule has 0 fully saturated rings. The van der Waals surface area contributed by atoms with Gasteiger partial charge in [0.1, 0.15) is 5.75 Å². The third kappa shape index (κ3) is 3.15. The first-order valence-electron chi connectivity index (χ1n) is 3.94. The van der Waals surface area contributed by atoms with Gasteiger partial charge in [-0.25, -0.2) is 4.79 Å². The first-order valence-corrected chi connectivity index (χ1v) is 4.70. The lowest BCUT2D eigenvalue weighted by atomic mass is 10.3. The van der Waals surface area contributed by atoms with Crippen molar-refractivity contribution in [3.8, 4) is 5.75 Å². The predicted molar refractivity (Wildman–Crippen MR) is 58.2 cm³/mol. The molecule has 0 atom stereocenters. The summed E-state index contributed by atoms with van der Waals surface area (Å²) in [6.45, 7) is 3.40. The molecule has 0 spiro atoms. The molecule has 0 amide bonds. The minimum absolute atomic E-state index is 0.137. The maximum atomic E-state index is 11.0. The molecule has 0 bridgehead atoms. The van der Waals surface area contributed by atoms with E-state index < -0.39 is 5.97 Å². The van der Waals surface area contributed by atoms with Crippen molar-refractivity contribution < 1.29 is 14.3 Å². The summed E-state index contributed by atoms with van der Waals surface area (Å²) in [7, 11) is 1.24. The number of carbonyl (C=O) groups is 1. The van der Waals surface area contributed by atoms with E-state index in [0.29, 0.717) is 15.8 Å². The number of carbonyl (C=O) groups excluding carboxylic acids is 1. The van der Waals surface area contributed by atoms with E-state index in [9.17, 15) is 4.79 Å². The van der Waals surface area contributed by atoms with Gasteiger partial charge in [-0.15, -0.1) is 0 Å². The van der Waals surface area contributed by atoms with Crippen LogP contribution in [0.4, 0.5) is 0 Å². The molecule has 3 nitrogen and oxygen atoms in total. The first-order chi connectivity index (χ1) is 7.04. The maximum absolute atomic E-state index is 11.0. The van der Waals surface area contributed by atoms with Crippen LogP contribution in [0.1, 0.15) is 0 Å². The Bertz CT molecular complexity index is 402.